The highest BCUT2D eigenvalue weighted by atomic mass is 35.5. The van der Waals surface area contributed by atoms with Crippen molar-refractivity contribution in [2.24, 2.45) is 5.16 Å². The van der Waals surface area contributed by atoms with Gasteiger partial charge in [0.25, 0.3) is 5.69 Å². The maximum Gasteiger partial charge on any atom is 0.437 e. The predicted octanol–water partition coefficient (Wildman–Crippen LogP) is 4.12. The number of benzene rings is 1. The van der Waals surface area contributed by atoms with E-state index in [2.05, 4.69) is 10.5 Å². The summed E-state index contributed by atoms with van der Waals surface area (Å²) < 4.78 is 0. The molecule has 1 aliphatic rings. The summed E-state index contributed by atoms with van der Waals surface area (Å²) in [6, 6.07) is 3.74. The lowest BCUT2D eigenvalue weighted by molar-refractivity contribution is -0.384. The van der Waals surface area contributed by atoms with E-state index in [0.29, 0.717) is 0 Å². The van der Waals surface area contributed by atoms with Gasteiger partial charge in [0.1, 0.15) is 0 Å². The van der Waals surface area contributed by atoms with Crippen molar-refractivity contribution in [2.75, 3.05) is 5.32 Å². The minimum atomic E-state index is -0.774. The number of carbonyl (C=O) groups is 1. The van der Waals surface area contributed by atoms with Crippen molar-refractivity contribution < 1.29 is 14.6 Å². The first kappa shape index (κ1) is 15.2. The summed E-state index contributed by atoms with van der Waals surface area (Å²) in [7, 11) is 0. The normalized spacial score (nSPS) is 14.4. The molecule has 0 radical (unpaired) electrons. The molecule has 2 rings (SSSR count). The Morgan fingerprint density at radius 1 is 1.33 bits per heavy atom. The maximum atomic E-state index is 11.6. The van der Waals surface area contributed by atoms with E-state index in [4.69, 9.17) is 16.4 Å². The third-order valence-electron chi connectivity index (χ3n) is 3.09. The van der Waals surface area contributed by atoms with Crippen LogP contribution in [0.15, 0.2) is 23.4 Å². The SMILES string of the molecule is O=C(Nc1ccc([N+](=O)[O-])cc1Cl)ON=C1CCCCC1. The Morgan fingerprint density at radius 3 is 2.67 bits per heavy atom. The molecule has 8 heteroatoms. The first-order valence-corrected chi connectivity index (χ1v) is 6.92. The van der Waals surface area contributed by atoms with Crippen molar-refractivity contribution >= 4 is 34.8 Å². The second-order valence-corrected chi connectivity index (χ2v) is 5.05. The Bertz CT molecular complexity index is 581. The van der Waals surface area contributed by atoms with Crippen LogP contribution in [-0.4, -0.2) is 16.7 Å². The van der Waals surface area contributed by atoms with Crippen LogP contribution in [0.25, 0.3) is 0 Å². The van der Waals surface area contributed by atoms with Crippen LogP contribution >= 0.6 is 11.6 Å². The van der Waals surface area contributed by atoms with Gasteiger partial charge in [0.2, 0.25) is 0 Å². The number of hydrogen-bond acceptors (Lipinski definition) is 5. The summed E-state index contributed by atoms with van der Waals surface area (Å²) in [5, 5.41) is 16.8. The van der Waals surface area contributed by atoms with Crippen molar-refractivity contribution in [3.05, 3.63) is 33.3 Å². The third kappa shape index (κ3) is 4.42. The fourth-order valence-corrected chi connectivity index (χ4v) is 2.23. The van der Waals surface area contributed by atoms with Gasteiger partial charge in [-0.3, -0.25) is 20.3 Å². The molecular weight excluding hydrogens is 298 g/mol. The summed E-state index contributed by atoms with van der Waals surface area (Å²) in [6.07, 6.45) is 4.18. The predicted molar refractivity (Wildman–Crippen MR) is 78.7 cm³/mol. The molecule has 7 nitrogen and oxygen atoms in total. The van der Waals surface area contributed by atoms with Crippen LogP contribution in [0.4, 0.5) is 16.2 Å². The summed E-state index contributed by atoms with van der Waals surface area (Å²) in [5.41, 5.74) is 0.948. The van der Waals surface area contributed by atoms with E-state index in [1.165, 1.54) is 18.6 Å². The number of carbonyl (C=O) groups excluding carboxylic acids is 1. The van der Waals surface area contributed by atoms with Crippen LogP contribution < -0.4 is 5.32 Å². The number of nitrogens with zero attached hydrogens (tertiary/aromatic N) is 2. The van der Waals surface area contributed by atoms with Gasteiger partial charge in [-0.25, -0.2) is 4.79 Å². The molecule has 21 heavy (non-hydrogen) atoms. The third-order valence-corrected chi connectivity index (χ3v) is 3.40. The fraction of sp³-hybridized carbons (Fsp3) is 0.385. The zero-order chi connectivity index (χ0) is 15.2. The second kappa shape index (κ2) is 7.03. The zero-order valence-electron chi connectivity index (χ0n) is 11.2. The lowest BCUT2D eigenvalue weighted by atomic mass is 9.99. The van der Waals surface area contributed by atoms with E-state index in [9.17, 15) is 14.9 Å². The van der Waals surface area contributed by atoms with Crippen LogP contribution in [-0.2, 0) is 4.84 Å². The first-order chi connectivity index (χ1) is 10.1. The lowest BCUT2D eigenvalue weighted by Crippen LogP contribution is -2.13. The van der Waals surface area contributed by atoms with E-state index in [0.717, 1.165) is 37.5 Å². The van der Waals surface area contributed by atoms with Gasteiger partial charge in [0.05, 0.1) is 21.3 Å². The Hall–Kier alpha value is -2.15. The van der Waals surface area contributed by atoms with E-state index >= 15 is 0 Å². The van der Waals surface area contributed by atoms with E-state index in [1.54, 1.807) is 0 Å². The summed E-state index contributed by atoms with van der Waals surface area (Å²) in [6.45, 7) is 0. The van der Waals surface area contributed by atoms with Gasteiger partial charge < -0.3 is 0 Å². The number of oxime groups is 1. The number of hydrogen-bond donors (Lipinski definition) is 1. The monoisotopic (exact) mass is 311 g/mol. The molecule has 0 aromatic heterocycles. The van der Waals surface area contributed by atoms with Crippen LogP contribution in [0.1, 0.15) is 32.1 Å². The first-order valence-electron chi connectivity index (χ1n) is 6.54. The topological polar surface area (TPSA) is 93.8 Å². The highest BCUT2D eigenvalue weighted by molar-refractivity contribution is 6.33. The molecule has 0 aliphatic heterocycles. The Labute approximate surface area is 126 Å². The average Bonchev–Trinajstić information content (AvgIpc) is 2.48. The maximum absolute atomic E-state index is 11.6. The molecule has 1 saturated carbocycles. The molecule has 1 fully saturated rings. The van der Waals surface area contributed by atoms with Gasteiger partial charge in [-0.2, -0.15) is 0 Å². The van der Waals surface area contributed by atoms with Crippen molar-refractivity contribution in [1.29, 1.82) is 0 Å². The largest absolute Gasteiger partial charge is 0.437 e. The smallest absolute Gasteiger partial charge is 0.298 e. The molecule has 1 aromatic carbocycles. The van der Waals surface area contributed by atoms with Gasteiger partial charge in [0, 0.05) is 12.1 Å². The molecule has 1 aliphatic carbocycles. The van der Waals surface area contributed by atoms with Gasteiger partial charge in [0.15, 0.2) is 0 Å². The number of anilines is 1. The molecule has 112 valence electrons. The summed E-state index contributed by atoms with van der Waals surface area (Å²) >= 11 is 5.86. The molecule has 0 saturated heterocycles. The number of nitro groups is 1. The number of amides is 1. The molecule has 1 aromatic rings. The highest BCUT2D eigenvalue weighted by Crippen LogP contribution is 2.26. The van der Waals surface area contributed by atoms with Crippen molar-refractivity contribution in [3.8, 4) is 0 Å². The van der Waals surface area contributed by atoms with Crippen LogP contribution in [0, 0.1) is 10.1 Å². The van der Waals surface area contributed by atoms with E-state index in [-0.39, 0.29) is 16.4 Å². The summed E-state index contributed by atoms with van der Waals surface area (Å²) in [4.78, 5) is 26.4. The van der Waals surface area contributed by atoms with Gasteiger partial charge >= 0.3 is 6.09 Å². The van der Waals surface area contributed by atoms with Gasteiger partial charge in [-0.1, -0.05) is 23.2 Å². The molecule has 0 bridgehead atoms. The number of rotatable bonds is 3. The van der Waals surface area contributed by atoms with Crippen molar-refractivity contribution in [1.82, 2.24) is 0 Å². The molecule has 1 amide bonds. The van der Waals surface area contributed by atoms with Gasteiger partial charge in [-0.05, 0) is 31.7 Å². The number of non-ortho nitro benzene ring substituents is 1. The van der Waals surface area contributed by atoms with Crippen LogP contribution in [0.3, 0.4) is 0 Å². The minimum Gasteiger partial charge on any atom is -0.298 e. The van der Waals surface area contributed by atoms with Crippen molar-refractivity contribution in [3.63, 3.8) is 0 Å². The number of nitro benzene ring substituents is 1. The van der Waals surface area contributed by atoms with Crippen LogP contribution in [0.5, 0.6) is 0 Å². The molecular formula is C13H14ClN3O4. The fourth-order valence-electron chi connectivity index (χ4n) is 2.01. The summed E-state index contributed by atoms with van der Waals surface area (Å²) in [5.74, 6) is 0. The van der Waals surface area contributed by atoms with Crippen LogP contribution in [0.2, 0.25) is 5.02 Å². The second-order valence-electron chi connectivity index (χ2n) is 4.64. The Kier molecular flexibility index (Phi) is 5.10. The van der Waals surface area contributed by atoms with E-state index < -0.39 is 11.0 Å². The molecule has 0 atom stereocenters. The standard InChI is InChI=1S/C13H14ClN3O4/c14-11-8-10(17(19)20)6-7-12(11)15-13(18)21-16-9-4-2-1-3-5-9/h6-8H,1-5H2,(H,15,18). The molecule has 0 spiro atoms. The van der Waals surface area contributed by atoms with E-state index in [1.807, 2.05) is 0 Å². The number of nitrogens with one attached hydrogen (secondary N) is 1. The minimum absolute atomic E-state index is 0.0615. The average molecular weight is 312 g/mol. The molecule has 0 unspecified atom stereocenters. The molecule has 0 heterocycles. The zero-order valence-corrected chi connectivity index (χ0v) is 11.9. The quantitative estimate of drug-likeness (QED) is 0.516. The lowest BCUT2D eigenvalue weighted by Gasteiger charge is -2.11. The Morgan fingerprint density at radius 2 is 2.05 bits per heavy atom. The Balaban J connectivity index is 1.94. The highest BCUT2D eigenvalue weighted by Gasteiger charge is 2.13. The van der Waals surface area contributed by atoms with Gasteiger partial charge in [-0.15, -0.1) is 0 Å². The van der Waals surface area contributed by atoms with Crippen molar-refractivity contribution in [2.45, 2.75) is 32.1 Å². The number of halogens is 1. The molecule has 1 N–H and O–H groups in total.